The van der Waals surface area contributed by atoms with Crippen molar-refractivity contribution in [3.63, 3.8) is 0 Å². The topological polar surface area (TPSA) is 41.3 Å². The summed E-state index contributed by atoms with van der Waals surface area (Å²) < 4.78 is 0. The van der Waals surface area contributed by atoms with E-state index in [1.807, 2.05) is 0 Å². The highest BCUT2D eigenvalue weighted by atomic mass is 15.1. The second kappa shape index (κ2) is 5.19. The molecular formula is C15H23N3. The first-order valence-corrected chi connectivity index (χ1v) is 7.18. The highest BCUT2D eigenvalue weighted by Gasteiger charge is 2.21. The fraction of sp³-hybridized carbons (Fsp3) is 0.600. The van der Waals surface area contributed by atoms with Crippen LogP contribution in [0.4, 0.5) is 11.4 Å². The molecular weight excluding hydrogens is 222 g/mol. The van der Waals surface area contributed by atoms with Gasteiger partial charge in [-0.2, -0.15) is 0 Å². The van der Waals surface area contributed by atoms with Gasteiger partial charge in [0.25, 0.3) is 0 Å². The van der Waals surface area contributed by atoms with E-state index in [4.69, 9.17) is 5.73 Å². The zero-order valence-electron chi connectivity index (χ0n) is 10.9. The maximum Gasteiger partial charge on any atom is 0.0367 e. The van der Waals surface area contributed by atoms with Crippen molar-refractivity contribution in [2.75, 3.05) is 23.3 Å². The average Bonchev–Trinajstić information content (AvgIpc) is 3.02. The summed E-state index contributed by atoms with van der Waals surface area (Å²) in [4.78, 5) is 2.47. The molecule has 3 nitrogen and oxygen atoms in total. The van der Waals surface area contributed by atoms with Gasteiger partial charge in [-0.3, -0.25) is 0 Å². The molecule has 3 heteroatoms. The minimum atomic E-state index is 0.395. The molecule has 1 heterocycles. The molecule has 1 aliphatic heterocycles. The fourth-order valence-electron chi connectivity index (χ4n) is 3.13. The van der Waals surface area contributed by atoms with Crippen LogP contribution in [0.1, 0.15) is 32.1 Å². The molecule has 3 N–H and O–H groups in total. The van der Waals surface area contributed by atoms with Crippen LogP contribution < -0.4 is 16.0 Å². The quantitative estimate of drug-likeness (QED) is 0.860. The third-order valence-electron chi connectivity index (χ3n) is 4.18. The molecule has 18 heavy (non-hydrogen) atoms. The lowest BCUT2D eigenvalue weighted by Crippen LogP contribution is -2.21. The smallest absolute Gasteiger partial charge is 0.0367 e. The Morgan fingerprint density at radius 2 is 1.78 bits per heavy atom. The van der Waals surface area contributed by atoms with Gasteiger partial charge in [-0.1, -0.05) is 0 Å². The highest BCUT2D eigenvalue weighted by Crippen LogP contribution is 2.25. The van der Waals surface area contributed by atoms with Crippen LogP contribution in [0, 0.1) is 0 Å². The number of nitrogens with zero attached hydrogens (tertiary/aromatic N) is 1. The zero-order valence-corrected chi connectivity index (χ0v) is 10.9. The van der Waals surface area contributed by atoms with E-state index in [1.54, 1.807) is 0 Å². The summed E-state index contributed by atoms with van der Waals surface area (Å²) in [6, 6.07) is 9.85. The predicted octanol–water partition coefficient (Wildman–Crippen LogP) is 2.58. The maximum absolute atomic E-state index is 5.94. The van der Waals surface area contributed by atoms with Gasteiger partial charge < -0.3 is 16.0 Å². The third kappa shape index (κ3) is 2.61. The molecule has 0 radical (unpaired) electrons. The Hall–Kier alpha value is -1.22. The molecule has 0 spiro atoms. The van der Waals surface area contributed by atoms with E-state index in [0.717, 1.165) is 12.8 Å². The van der Waals surface area contributed by atoms with Crippen LogP contribution in [0.25, 0.3) is 0 Å². The Bertz CT molecular complexity index is 381. The Balaban J connectivity index is 1.60. The summed E-state index contributed by atoms with van der Waals surface area (Å²) in [5.41, 5.74) is 8.53. The van der Waals surface area contributed by atoms with Gasteiger partial charge in [-0.05, 0) is 56.4 Å². The van der Waals surface area contributed by atoms with Crippen molar-refractivity contribution < 1.29 is 0 Å². The number of benzene rings is 1. The highest BCUT2D eigenvalue weighted by molar-refractivity contribution is 5.55. The molecule has 1 aromatic carbocycles. The van der Waals surface area contributed by atoms with Gasteiger partial charge in [0.15, 0.2) is 0 Å². The molecule has 0 amide bonds. The first-order chi connectivity index (χ1) is 8.81. The summed E-state index contributed by atoms with van der Waals surface area (Å²) in [6.07, 6.45) is 6.13. The van der Waals surface area contributed by atoms with Gasteiger partial charge in [0.1, 0.15) is 0 Å². The minimum Gasteiger partial charge on any atom is -0.382 e. The van der Waals surface area contributed by atoms with Crippen molar-refractivity contribution in [3.8, 4) is 0 Å². The van der Waals surface area contributed by atoms with Gasteiger partial charge in [-0.15, -0.1) is 0 Å². The number of anilines is 2. The maximum atomic E-state index is 5.94. The second-order valence-corrected chi connectivity index (χ2v) is 5.66. The minimum absolute atomic E-state index is 0.395. The van der Waals surface area contributed by atoms with Gasteiger partial charge in [0.2, 0.25) is 0 Å². The van der Waals surface area contributed by atoms with E-state index in [1.165, 1.54) is 43.7 Å². The SMILES string of the molecule is NC1CCC(Nc2ccc(N3CCCC3)cc2)C1. The van der Waals surface area contributed by atoms with Gasteiger partial charge >= 0.3 is 0 Å². The number of hydrogen-bond donors (Lipinski definition) is 2. The van der Waals surface area contributed by atoms with Crippen LogP contribution in [-0.2, 0) is 0 Å². The van der Waals surface area contributed by atoms with Crippen molar-refractivity contribution in [1.82, 2.24) is 0 Å². The van der Waals surface area contributed by atoms with Crippen molar-refractivity contribution in [2.45, 2.75) is 44.2 Å². The standard InChI is InChI=1S/C15H23N3/c16-12-3-4-14(11-12)17-13-5-7-15(8-6-13)18-9-1-2-10-18/h5-8,12,14,17H,1-4,9-11,16H2. The lowest BCUT2D eigenvalue weighted by atomic mass is 10.2. The molecule has 98 valence electrons. The van der Waals surface area contributed by atoms with E-state index < -0.39 is 0 Å². The molecule has 2 unspecified atom stereocenters. The summed E-state index contributed by atoms with van der Waals surface area (Å²) >= 11 is 0. The van der Waals surface area contributed by atoms with Crippen LogP contribution in [0.3, 0.4) is 0 Å². The van der Waals surface area contributed by atoms with Crippen LogP contribution in [0.2, 0.25) is 0 Å². The molecule has 0 aromatic heterocycles. The van der Waals surface area contributed by atoms with Crippen molar-refractivity contribution >= 4 is 11.4 Å². The van der Waals surface area contributed by atoms with E-state index in [0.29, 0.717) is 12.1 Å². The Morgan fingerprint density at radius 1 is 1.06 bits per heavy atom. The summed E-state index contributed by atoms with van der Waals surface area (Å²) in [5.74, 6) is 0. The zero-order chi connectivity index (χ0) is 12.4. The monoisotopic (exact) mass is 245 g/mol. The molecule has 2 atom stereocenters. The van der Waals surface area contributed by atoms with Gasteiger partial charge in [0, 0.05) is 36.5 Å². The van der Waals surface area contributed by atoms with Crippen molar-refractivity contribution in [3.05, 3.63) is 24.3 Å². The van der Waals surface area contributed by atoms with Crippen molar-refractivity contribution in [1.29, 1.82) is 0 Å². The first kappa shape index (κ1) is 11.8. The number of nitrogens with one attached hydrogen (secondary N) is 1. The van der Waals surface area contributed by atoms with Gasteiger partial charge in [-0.25, -0.2) is 0 Å². The molecule has 2 aliphatic rings. The fourth-order valence-corrected chi connectivity index (χ4v) is 3.13. The Labute approximate surface area is 109 Å². The Kier molecular flexibility index (Phi) is 3.41. The van der Waals surface area contributed by atoms with E-state index in [9.17, 15) is 0 Å². The number of rotatable bonds is 3. The predicted molar refractivity (Wildman–Crippen MR) is 77.1 cm³/mol. The molecule has 2 fully saturated rings. The number of hydrogen-bond acceptors (Lipinski definition) is 3. The average molecular weight is 245 g/mol. The molecule has 3 rings (SSSR count). The Morgan fingerprint density at radius 3 is 2.39 bits per heavy atom. The molecule has 1 aromatic rings. The van der Waals surface area contributed by atoms with Crippen molar-refractivity contribution in [2.24, 2.45) is 5.73 Å². The van der Waals surface area contributed by atoms with Crippen LogP contribution in [-0.4, -0.2) is 25.2 Å². The molecule has 1 saturated heterocycles. The largest absolute Gasteiger partial charge is 0.382 e. The summed E-state index contributed by atoms with van der Waals surface area (Å²) in [5, 5.41) is 3.59. The lowest BCUT2D eigenvalue weighted by molar-refractivity contribution is 0.688. The molecule has 0 bridgehead atoms. The third-order valence-corrected chi connectivity index (χ3v) is 4.18. The normalized spacial score (nSPS) is 27.7. The molecule has 1 saturated carbocycles. The second-order valence-electron chi connectivity index (χ2n) is 5.66. The summed E-state index contributed by atoms with van der Waals surface area (Å²) in [6.45, 7) is 2.43. The van der Waals surface area contributed by atoms with Crippen LogP contribution in [0.5, 0.6) is 0 Å². The summed E-state index contributed by atoms with van der Waals surface area (Å²) in [7, 11) is 0. The molecule has 1 aliphatic carbocycles. The van der Waals surface area contributed by atoms with Crippen LogP contribution >= 0.6 is 0 Å². The van der Waals surface area contributed by atoms with E-state index >= 15 is 0 Å². The van der Waals surface area contributed by atoms with Gasteiger partial charge in [0.05, 0.1) is 0 Å². The number of nitrogens with two attached hydrogens (primary N) is 1. The van der Waals surface area contributed by atoms with Crippen LogP contribution in [0.15, 0.2) is 24.3 Å². The first-order valence-electron chi connectivity index (χ1n) is 7.18. The van der Waals surface area contributed by atoms with E-state index in [-0.39, 0.29) is 0 Å². The van der Waals surface area contributed by atoms with E-state index in [2.05, 4.69) is 34.5 Å². The lowest BCUT2D eigenvalue weighted by Gasteiger charge is -2.19.